The number of hydrogen-bond donors (Lipinski definition) is 2. The van der Waals surface area contributed by atoms with Crippen molar-refractivity contribution in [3.05, 3.63) is 29.8 Å². The molecule has 2 saturated heterocycles. The molecule has 1 aromatic rings. The molecular formula is C17H25ClN2O3. The van der Waals surface area contributed by atoms with E-state index in [1.165, 1.54) is 6.42 Å². The Morgan fingerprint density at radius 1 is 1.35 bits per heavy atom. The summed E-state index contributed by atoms with van der Waals surface area (Å²) in [6, 6.07) is 7.75. The fourth-order valence-corrected chi connectivity index (χ4v) is 2.94. The lowest BCUT2D eigenvalue weighted by molar-refractivity contribution is 0.0679. The van der Waals surface area contributed by atoms with E-state index >= 15 is 0 Å². The van der Waals surface area contributed by atoms with Crippen LogP contribution >= 0.6 is 12.4 Å². The molecule has 2 N–H and O–H groups in total. The SMILES string of the molecule is Cl.O=C(NCC1CCCN1)c1cccc(OCC2CCCO2)c1. The average molecular weight is 341 g/mol. The van der Waals surface area contributed by atoms with E-state index in [2.05, 4.69) is 10.6 Å². The molecule has 0 bridgehead atoms. The molecule has 2 unspecified atom stereocenters. The van der Waals surface area contributed by atoms with Gasteiger partial charge in [-0.15, -0.1) is 12.4 Å². The molecule has 3 rings (SSSR count). The second-order valence-electron chi connectivity index (χ2n) is 5.98. The van der Waals surface area contributed by atoms with Gasteiger partial charge < -0.3 is 20.1 Å². The number of halogens is 1. The van der Waals surface area contributed by atoms with Crippen LogP contribution in [-0.2, 0) is 4.74 Å². The third-order valence-corrected chi connectivity index (χ3v) is 4.23. The fourth-order valence-electron chi connectivity index (χ4n) is 2.94. The second kappa shape index (κ2) is 9.11. The predicted molar refractivity (Wildman–Crippen MR) is 91.5 cm³/mol. The van der Waals surface area contributed by atoms with E-state index in [9.17, 15) is 4.79 Å². The first kappa shape index (κ1) is 18.0. The number of hydrogen-bond acceptors (Lipinski definition) is 4. The molecule has 128 valence electrons. The van der Waals surface area contributed by atoms with Crippen molar-refractivity contribution in [2.75, 3.05) is 26.3 Å². The van der Waals surface area contributed by atoms with Crippen LogP contribution in [0, 0.1) is 0 Å². The van der Waals surface area contributed by atoms with Gasteiger partial charge in [0, 0.05) is 24.8 Å². The van der Waals surface area contributed by atoms with Crippen molar-refractivity contribution in [3.63, 3.8) is 0 Å². The molecule has 6 heteroatoms. The first-order valence-corrected chi connectivity index (χ1v) is 8.17. The van der Waals surface area contributed by atoms with Crippen molar-refractivity contribution < 1.29 is 14.3 Å². The molecule has 1 aromatic carbocycles. The van der Waals surface area contributed by atoms with Crippen LogP contribution in [0.15, 0.2) is 24.3 Å². The molecule has 2 heterocycles. The quantitative estimate of drug-likeness (QED) is 0.833. The molecule has 2 aliphatic heterocycles. The van der Waals surface area contributed by atoms with Crippen molar-refractivity contribution in [2.45, 2.75) is 37.8 Å². The summed E-state index contributed by atoms with van der Waals surface area (Å²) in [6.45, 7) is 3.11. The zero-order valence-corrected chi connectivity index (χ0v) is 14.1. The number of carbonyl (C=O) groups is 1. The topological polar surface area (TPSA) is 59.6 Å². The van der Waals surface area contributed by atoms with E-state index in [4.69, 9.17) is 9.47 Å². The van der Waals surface area contributed by atoms with E-state index < -0.39 is 0 Å². The van der Waals surface area contributed by atoms with Crippen LogP contribution in [0.1, 0.15) is 36.0 Å². The highest BCUT2D eigenvalue weighted by molar-refractivity contribution is 5.94. The minimum absolute atomic E-state index is 0. The average Bonchev–Trinajstić information content (AvgIpc) is 3.24. The summed E-state index contributed by atoms with van der Waals surface area (Å²) in [4.78, 5) is 12.2. The summed E-state index contributed by atoms with van der Waals surface area (Å²) >= 11 is 0. The molecule has 0 aliphatic carbocycles. The maximum Gasteiger partial charge on any atom is 0.251 e. The Balaban J connectivity index is 0.00000192. The van der Waals surface area contributed by atoms with E-state index in [1.807, 2.05) is 18.2 Å². The van der Waals surface area contributed by atoms with Crippen LogP contribution in [0.5, 0.6) is 5.75 Å². The lowest BCUT2D eigenvalue weighted by Gasteiger charge is -2.13. The molecule has 0 saturated carbocycles. The van der Waals surface area contributed by atoms with Crippen LogP contribution in [0.25, 0.3) is 0 Å². The van der Waals surface area contributed by atoms with Gasteiger partial charge in [-0.25, -0.2) is 0 Å². The summed E-state index contributed by atoms with van der Waals surface area (Å²) in [5.41, 5.74) is 0.642. The standard InChI is InChI=1S/C17H24N2O3.ClH/c20-17(19-11-14-5-2-8-18-14)13-4-1-6-15(10-13)22-12-16-7-3-9-21-16;/h1,4,6,10,14,16,18H,2-3,5,7-9,11-12H2,(H,19,20);1H. The summed E-state index contributed by atoms with van der Waals surface area (Å²) in [5.74, 6) is 0.679. The van der Waals surface area contributed by atoms with Crippen LogP contribution < -0.4 is 15.4 Å². The number of rotatable bonds is 6. The van der Waals surface area contributed by atoms with Crippen molar-refractivity contribution in [2.24, 2.45) is 0 Å². The monoisotopic (exact) mass is 340 g/mol. The first-order chi connectivity index (χ1) is 10.8. The summed E-state index contributed by atoms with van der Waals surface area (Å²) in [7, 11) is 0. The predicted octanol–water partition coefficient (Wildman–Crippen LogP) is 2.15. The van der Waals surface area contributed by atoms with E-state index in [0.717, 1.165) is 38.2 Å². The highest BCUT2D eigenvalue weighted by Crippen LogP contribution is 2.17. The molecule has 0 spiro atoms. The first-order valence-electron chi connectivity index (χ1n) is 8.17. The number of carbonyl (C=O) groups excluding carboxylic acids is 1. The van der Waals surface area contributed by atoms with Crippen LogP contribution in [-0.4, -0.2) is 44.4 Å². The zero-order valence-electron chi connectivity index (χ0n) is 13.3. The van der Waals surface area contributed by atoms with Crippen molar-refractivity contribution in [1.29, 1.82) is 0 Å². The van der Waals surface area contributed by atoms with E-state index in [-0.39, 0.29) is 24.4 Å². The Labute approximate surface area is 143 Å². The van der Waals surface area contributed by atoms with Gasteiger partial charge in [-0.3, -0.25) is 4.79 Å². The largest absolute Gasteiger partial charge is 0.491 e. The maximum absolute atomic E-state index is 12.2. The third-order valence-electron chi connectivity index (χ3n) is 4.23. The molecule has 5 nitrogen and oxygen atoms in total. The van der Waals surface area contributed by atoms with Gasteiger partial charge in [0.05, 0.1) is 6.10 Å². The summed E-state index contributed by atoms with van der Waals surface area (Å²) in [5, 5.41) is 6.36. The normalized spacial score (nSPS) is 23.3. The van der Waals surface area contributed by atoms with Gasteiger partial charge in [0.2, 0.25) is 0 Å². The van der Waals surface area contributed by atoms with E-state index in [1.54, 1.807) is 6.07 Å². The lowest BCUT2D eigenvalue weighted by atomic mass is 10.2. The van der Waals surface area contributed by atoms with Crippen molar-refractivity contribution in [1.82, 2.24) is 10.6 Å². The third kappa shape index (κ3) is 5.37. The number of nitrogens with one attached hydrogen (secondary N) is 2. The zero-order chi connectivity index (χ0) is 15.2. The number of amides is 1. The van der Waals surface area contributed by atoms with Crippen LogP contribution in [0.3, 0.4) is 0 Å². The van der Waals surface area contributed by atoms with Crippen molar-refractivity contribution in [3.8, 4) is 5.75 Å². The smallest absolute Gasteiger partial charge is 0.251 e. The Morgan fingerprint density at radius 2 is 2.26 bits per heavy atom. The molecule has 2 fully saturated rings. The number of ether oxygens (including phenoxy) is 2. The van der Waals surface area contributed by atoms with Gasteiger partial charge >= 0.3 is 0 Å². The van der Waals surface area contributed by atoms with Gasteiger partial charge in [0.15, 0.2) is 0 Å². The minimum atomic E-state index is -0.0451. The molecule has 0 aromatic heterocycles. The Hall–Kier alpha value is -1.30. The van der Waals surface area contributed by atoms with Gasteiger partial charge in [0.25, 0.3) is 5.91 Å². The van der Waals surface area contributed by atoms with Crippen molar-refractivity contribution >= 4 is 18.3 Å². The van der Waals surface area contributed by atoms with Gasteiger partial charge in [-0.2, -0.15) is 0 Å². The van der Waals surface area contributed by atoms with E-state index in [0.29, 0.717) is 24.8 Å². The summed E-state index contributed by atoms with van der Waals surface area (Å²) < 4.78 is 11.3. The molecule has 23 heavy (non-hydrogen) atoms. The number of benzene rings is 1. The highest BCUT2D eigenvalue weighted by atomic mass is 35.5. The lowest BCUT2D eigenvalue weighted by Crippen LogP contribution is -2.37. The van der Waals surface area contributed by atoms with Gasteiger partial charge in [0.1, 0.15) is 12.4 Å². The Morgan fingerprint density at radius 3 is 3.00 bits per heavy atom. The maximum atomic E-state index is 12.2. The summed E-state index contributed by atoms with van der Waals surface area (Å²) in [6.07, 6.45) is 4.66. The molecule has 1 amide bonds. The Bertz CT molecular complexity index is 500. The second-order valence-corrected chi connectivity index (χ2v) is 5.98. The molecule has 0 radical (unpaired) electrons. The Kier molecular flexibility index (Phi) is 7.15. The van der Waals surface area contributed by atoms with Crippen LogP contribution in [0.4, 0.5) is 0 Å². The molecular weight excluding hydrogens is 316 g/mol. The fraction of sp³-hybridized carbons (Fsp3) is 0.588. The van der Waals surface area contributed by atoms with Crippen LogP contribution in [0.2, 0.25) is 0 Å². The minimum Gasteiger partial charge on any atom is -0.491 e. The molecule has 2 atom stereocenters. The van der Waals surface area contributed by atoms with Gasteiger partial charge in [-0.1, -0.05) is 6.07 Å². The van der Waals surface area contributed by atoms with Gasteiger partial charge in [-0.05, 0) is 50.4 Å². The molecule has 2 aliphatic rings. The highest BCUT2D eigenvalue weighted by Gasteiger charge is 2.17.